The minimum absolute atomic E-state index is 0.0544. The Labute approximate surface area is 148 Å². The SMILES string of the molecule is C[C@@H]1CN(C(=O)CNC(=O)c2ccc(Cl)c(Cl)c2)CC(C(=O)O)O1. The van der Waals surface area contributed by atoms with Gasteiger partial charge in [-0.15, -0.1) is 0 Å². The Morgan fingerprint density at radius 1 is 1.29 bits per heavy atom. The first-order valence-corrected chi connectivity index (χ1v) is 7.93. The van der Waals surface area contributed by atoms with E-state index in [4.69, 9.17) is 33.0 Å². The van der Waals surface area contributed by atoms with Gasteiger partial charge in [0, 0.05) is 12.1 Å². The lowest BCUT2D eigenvalue weighted by Crippen LogP contribution is -2.53. The van der Waals surface area contributed by atoms with Gasteiger partial charge >= 0.3 is 5.97 Å². The summed E-state index contributed by atoms with van der Waals surface area (Å²) in [7, 11) is 0. The lowest BCUT2D eigenvalue weighted by Gasteiger charge is -2.34. The number of carbonyl (C=O) groups is 3. The predicted octanol–water partition coefficient (Wildman–Crippen LogP) is 1.42. The van der Waals surface area contributed by atoms with Crippen LogP contribution < -0.4 is 5.32 Å². The normalized spacial score (nSPS) is 20.5. The summed E-state index contributed by atoms with van der Waals surface area (Å²) < 4.78 is 5.24. The monoisotopic (exact) mass is 374 g/mol. The highest BCUT2D eigenvalue weighted by Gasteiger charge is 2.32. The summed E-state index contributed by atoms with van der Waals surface area (Å²) in [5.74, 6) is -1.98. The van der Waals surface area contributed by atoms with Crippen LogP contribution in [0.25, 0.3) is 0 Å². The summed E-state index contributed by atoms with van der Waals surface area (Å²) in [6.45, 7) is 1.65. The van der Waals surface area contributed by atoms with Crippen molar-refractivity contribution >= 4 is 41.0 Å². The lowest BCUT2D eigenvalue weighted by molar-refractivity contribution is -0.166. The third-order valence-electron chi connectivity index (χ3n) is 3.47. The Morgan fingerprint density at radius 2 is 2.00 bits per heavy atom. The first kappa shape index (κ1) is 18.5. The molecule has 2 rings (SSSR count). The molecule has 9 heteroatoms. The van der Waals surface area contributed by atoms with Crippen LogP contribution in [0.5, 0.6) is 0 Å². The molecule has 1 fully saturated rings. The maximum atomic E-state index is 12.2. The molecule has 1 aromatic rings. The quantitative estimate of drug-likeness (QED) is 0.830. The molecule has 0 aliphatic carbocycles. The van der Waals surface area contributed by atoms with Gasteiger partial charge in [-0.05, 0) is 25.1 Å². The highest BCUT2D eigenvalue weighted by molar-refractivity contribution is 6.42. The summed E-state index contributed by atoms with van der Waals surface area (Å²) in [4.78, 5) is 36.6. The number of ether oxygens (including phenoxy) is 1. The van der Waals surface area contributed by atoms with E-state index in [0.29, 0.717) is 5.02 Å². The van der Waals surface area contributed by atoms with Gasteiger partial charge in [0.15, 0.2) is 6.10 Å². The third-order valence-corrected chi connectivity index (χ3v) is 4.21. The number of carboxylic acid groups (broad SMARTS) is 1. The molecule has 1 aliphatic rings. The van der Waals surface area contributed by atoms with Crippen molar-refractivity contribution in [2.75, 3.05) is 19.6 Å². The molecule has 0 spiro atoms. The number of carboxylic acids is 1. The van der Waals surface area contributed by atoms with Gasteiger partial charge in [0.2, 0.25) is 5.91 Å². The first-order chi connectivity index (χ1) is 11.3. The largest absolute Gasteiger partial charge is 0.479 e. The number of amides is 2. The van der Waals surface area contributed by atoms with Crippen LogP contribution in [0.2, 0.25) is 10.0 Å². The van der Waals surface area contributed by atoms with Crippen LogP contribution in [-0.2, 0) is 14.3 Å². The van der Waals surface area contributed by atoms with Crippen LogP contribution in [0, 0.1) is 0 Å². The van der Waals surface area contributed by atoms with Crippen molar-refractivity contribution in [2.24, 2.45) is 0 Å². The van der Waals surface area contributed by atoms with Gasteiger partial charge in [0.25, 0.3) is 5.91 Å². The minimum Gasteiger partial charge on any atom is -0.479 e. The van der Waals surface area contributed by atoms with Crippen LogP contribution >= 0.6 is 23.2 Å². The molecule has 7 nitrogen and oxygen atoms in total. The molecule has 1 unspecified atom stereocenters. The Hall–Kier alpha value is -1.83. The number of aliphatic carboxylic acids is 1. The van der Waals surface area contributed by atoms with E-state index in [0.717, 1.165) is 0 Å². The van der Waals surface area contributed by atoms with Crippen molar-refractivity contribution in [1.29, 1.82) is 0 Å². The van der Waals surface area contributed by atoms with Crippen molar-refractivity contribution in [3.8, 4) is 0 Å². The summed E-state index contributed by atoms with van der Waals surface area (Å²) in [6, 6.07) is 4.38. The molecule has 1 aromatic carbocycles. The molecule has 130 valence electrons. The smallest absolute Gasteiger partial charge is 0.334 e. The number of nitrogens with one attached hydrogen (secondary N) is 1. The Morgan fingerprint density at radius 3 is 2.62 bits per heavy atom. The standard InChI is InChI=1S/C15H16Cl2N2O5/c1-8-6-19(7-12(24-8)15(22)23)13(20)5-18-14(21)9-2-3-10(16)11(17)4-9/h2-4,8,12H,5-7H2,1H3,(H,18,21)(H,22,23)/t8-,12?/m1/s1. The van der Waals surface area contributed by atoms with Crippen molar-refractivity contribution in [1.82, 2.24) is 10.2 Å². The van der Waals surface area contributed by atoms with Crippen molar-refractivity contribution in [3.05, 3.63) is 33.8 Å². The molecule has 0 radical (unpaired) electrons. The molecule has 0 aromatic heterocycles. The van der Waals surface area contributed by atoms with E-state index < -0.39 is 24.1 Å². The predicted molar refractivity (Wildman–Crippen MR) is 87.3 cm³/mol. The van der Waals surface area contributed by atoms with Crippen LogP contribution in [-0.4, -0.2) is 59.6 Å². The van der Waals surface area contributed by atoms with E-state index >= 15 is 0 Å². The minimum atomic E-state index is -1.13. The molecular weight excluding hydrogens is 359 g/mol. The summed E-state index contributed by atoms with van der Waals surface area (Å²) >= 11 is 11.6. The fourth-order valence-electron chi connectivity index (χ4n) is 2.30. The molecule has 2 N–H and O–H groups in total. The number of hydrogen-bond donors (Lipinski definition) is 2. The number of morpholine rings is 1. The third kappa shape index (κ3) is 4.59. The van der Waals surface area contributed by atoms with E-state index in [1.165, 1.54) is 23.1 Å². The molecular formula is C15H16Cl2N2O5. The highest BCUT2D eigenvalue weighted by Crippen LogP contribution is 2.22. The van der Waals surface area contributed by atoms with Gasteiger partial charge in [0.1, 0.15) is 0 Å². The van der Waals surface area contributed by atoms with E-state index in [9.17, 15) is 14.4 Å². The molecule has 2 amide bonds. The Balaban J connectivity index is 1.93. The summed E-state index contributed by atoms with van der Waals surface area (Å²) in [6.07, 6.45) is -1.46. The van der Waals surface area contributed by atoms with Crippen LogP contribution in [0.3, 0.4) is 0 Å². The van der Waals surface area contributed by atoms with Gasteiger partial charge in [-0.25, -0.2) is 4.79 Å². The fourth-order valence-corrected chi connectivity index (χ4v) is 2.60. The van der Waals surface area contributed by atoms with E-state index in [-0.39, 0.29) is 36.1 Å². The fraction of sp³-hybridized carbons (Fsp3) is 0.400. The van der Waals surface area contributed by atoms with Gasteiger partial charge < -0.3 is 20.1 Å². The van der Waals surface area contributed by atoms with E-state index in [2.05, 4.69) is 5.32 Å². The van der Waals surface area contributed by atoms with Crippen LogP contribution in [0.4, 0.5) is 0 Å². The Kier molecular flexibility index (Phi) is 6.04. The summed E-state index contributed by atoms with van der Waals surface area (Å²) in [5, 5.41) is 12.1. The zero-order chi connectivity index (χ0) is 17.9. The number of nitrogens with zero attached hydrogens (tertiary/aromatic N) is 1. The number of benzene rings is 1. The first-order valence-electron chi connectivity index (χ1n) is 7.17. The second-order valence-electron chi connectivity index (χ2n) is 5.38. The molecule has 2 atom stereocenters. The van der Waals surface area contributed by atoms with Crippen LogP contribution in [0.15, 0.2) is 18.2 Å². The van der Waals surface area contributed by atoms with Crippen LogP contribution in [0.1, 0.15) is 17.3 Å². The number of hydrogen-bond acceptors (Lipinski definition) is 4. The lowest BCUT2D eigenvalue weighted by atomic mass is 10.2. The average Bonchev–Trinajstić information content (AvgIpc) is 2.54. The molecule has 0 bridgehead atoms. The number of carbonyl (C=O) groups excluding carboxylic acids is 2. The maximum absolute atomic E-state index is 12.2. The zero-order valence-electron chi connectivity index (χ0n) is 12.8. The summed E-state index contributed by atoms with van der Waals surface area (Å²) in [5.41, 5.74) is 0.274. The van der Waals surface area contributed by atoms with Gasteiger partial charge in [0.05, 0.1) is 29.2 Å². The number of rotatable bonds is 4. The Bertz CT molecular complexity index is 667. The van der Waals surface area contributed by atoms with Gasteiger partial charge in [-0.3, -0.25) is 9.59 Å². The second-order valence-corrected chi connectivity index (χ2v) is 6.20. The average molecular weight is 375 g/mol. The van der Waals surface area contributed by atoms with Crippen molar-refractivity contribution in [3.63, 3.8) is 0 Å². The van der Waals surface area contributed by atoms with E-state index in [1.54, 1.807) is 6.92 Å². The van der Waals surface area contributed by atoms with Gasteiger partial charge in [-0.2, -0.15) is 0 Å². The van der Waals surface area contributed by atoms with Gasteiger partial charge in [-0.1, -0.05) is 23.2 Å². The van der Waals surface area contributed by atoms with Crippen molar-refractivity contribution < 1.29 is 24.2 Å². The molecule has 24 heavy (non-hydrogen) atoms. The topological polar surface area (TPSA) is 95.9 Å². The van der Waals surface area contributed by atoms with Crippen molar-refractivity contribution in [2.45, 2.75) is 19.1 Å². The maximum Gasteiger partial charge on any atom is 0.334 e. The zero-order valence-corrected chi connectivity index (χ0v) is 14.3. The molecule has 1 heterocycles. The molecule has 0 saturated carbocycles. The molecule has 1 saturated heterocycles. The highest BCUT2D eigenvalue weighted by atomic mass is 35.5. The van der Waals surface area contributed by atoms with E-state index in [1.807, 2.05) is 0 Å². The molecule has 1 aliphatic heterocycles. The second kappa shape index (κ2) is 7.83. The number of halogens is 2.